The minimum Gasteiger partial charge on any atom is -0.497 e. The molecule has 0 aromatic heterocycles. The molecule has 0 aliphatic carbocycles. The first kappa shape index (κ1) is 21.8. The molecule has 2 aliphatic rings. The number of carbonyl (C=O) groups excluding carboxylic acids is 1. The number of benzene rings is 3. The Hall–Kier alpha value is -4.07. The molecule has 7 nitrogen and oxygen atoms in total. The third kappa shape index (κ3) is 4.26. The summed E-state index contributed by atoms with van der Waals surface area (Å²) in [7, 11) is 1.62. The minimum absolute atomic E-state index is 0.176. The maximum Gasteiger partial charge on any atom is 0.322 e. The molecule has 1 fully saturated rings. The van der Waals surface area contributed by atoms with Crippen LogP contribution in [0.1, 0.15) is 11.1 Å². The van der Waals surface area contributed by atoms with Gasteiger partial charge in [0.2, 0.25) is 0 Å². The maximum atomic E-state index is 13.9. The van der Waals surface area contributed by atoms with E-state index in [0.717, 1.165) is 22.6 Å². The highest BCUT2D eigenvalue weighted by Crippen LogP contribution is 2.40. The lowest BCUT2D eigenvalue weighted by atomic mass is 10.1. The number of nitrogens with one attached hydrogen (secondary N) is 1. The van der Waals surface area contributed by atoms with Gasteiger partial charge in [-0.1, -0.05) is 18.2 Å². The highest BCUT2D eigenvalue weighted by molar-refractivity contribution is 6.04. The second kappa shape index (κ2) is 9.05. The summed E-state index contributed by atoms with van der Waals surface area (Å²) >= 11 is 0. The molecule has 3 aromatic rings. The Morgan fingerprint density at radius 1 is 1.03 bits per heavy atom. The van der Waals surface area contributed by atoms with Crippen molar-refractivity contribution in [3.05, 3.63) is 77.6 Å². The standard InChI is InChI=1S/C26H25FN4O3/c1-17-7-10-22-24(15-17)34-23-16-18(33-2)8-9-19(23)25(28-22)30-11-13-31(14-12-30)26(32)29-21-6-4-3-5-20(21)27/h3-10,15-16H,11-14H2,1-2H3,(H,29,32). The first-order valence-corrected chi connectivity index (χ1v) is 11.1. The zero-order chi connectivity index (χ0) is 23.7. The van der Waals surface area contributed by atoms with E-state index in [1.165, 1.54) is 6.07 Å². The average Bonchev–Trinajstić information content (AvgIpc) is 3.01. The van der Waals surface area contributed by atoms with Gasteiger partial charge >= 0.3 is 6.03 Å². The summed E-state index contributed by atoms with van der Waals surface area (Å²) in [4.78, 5) is 21.5. The first-order chi connectivity index (χ1) is 16.5. The number of hydrogen-bond donors (Lipinski definition) is 1. The second-order valence-electron chi connectivity index (χ2n) is 8.25. The van der Waals surface area contributed by atoms with Crippen molar-refractivity contribution in [1.29, 1.82) is 0 Å². The highest BCUT2D eigenvalue weighted by atomic mass is 19.1. The number of amidine groups is 1. The largest absolute Gasteiger partial charge is 0.497 e. The molecule has 5 rings (SSSR count). The average molecular weight is 461 g/mol. The van der Waals surface area contributed by atoms with Gasteiger partial charge < -0.3 is 24.6 Å². The van der Waals surface area contributed by atoms with Crippen molar-refractivity contribution in [2.75, 3.05) is 38.6 Å². The fourth-order valence-electron chi connectivity index (χ4n) is 4.11. The van der Waals surface area contributed by atoms with E-state index in [1.54, 1.807) is 30.2 Å². The second-order valence-corrected chi connectivity index (χ2v) is 8.25. The number of hydrogen-bond acceptors (Lipinski definition) is 5. The zero-order valence-electron chi connectivity index (χ0n) is 19.0. The number of anilines is 1. The smallest absolute Gasteiger partial charge is 0.322 e. The Morgan fingerprint density at radius 2 is 1.82 bits per heavy atom. The predicted octanol–water partition coefficient (Wildman–Crippen LogP) is 5.18. The molecule has 3 aromatic carbocycles. The summed E-state index contributed by atoms with van der Waals surface area (Å²) in [5, 5.41) is 2.66. The van der Waals surface area contributed by atoms with Crippen molar-refractivity contribution >= 4 is 23.2 Å². The van der Waals surface area contributed by atoms with Crippen LogP contribution in [0.5, 0.6) is 17.2 Å². The van der Waals surface area contributed by atoms with Crippen LogP contribution in [-0.4, -0.2) is 55.0 Å². The monoisotopic (exact) mass is 460 g/mol. The van der Waals surface area contributed by atoms with Gasteiger partial charge in [-0.05, 0) is 48.9 Å². The molecule has 2 amide bonds. The number of fused-ring (bicyclic) bond motifs is 2. The summed E-state index contributed by atoms with van der Waals surface area (Å²) in [6.07, 6.45) is 0. The number of nitrogens with zero attached hydrogens (tertiary/aromatic N) is 3. The molecular weight excluding hydrogens is 435 g/mol. The van der Waals surface area contributed by atoms with E-state index < -0.39 is 5.82 Å². The number of para-hydroxylation sites is 1. The molecule has 0 unspecified atom stereocenters. The molecule has 1 N–H and O–H groups in total. The van der Waals surface area contributed by atoms with E-state index in [0.29, 0.717) is 43.4 Å². The molecule has 2 heterocycles. The van der Waals surface area contributed by atoms with Gasteiger partial charge in [-0.15, -0.1) is 0 Å². The Labute approximate surface area is 197 Å². The summed E-state index contributed by atoms with van der Waals surface area (Å²) in [5.41, 5.74) is 2.86. The van der Waals surface area contributed by atoms with Crippen LogP contribution < -0.4 is 14.8 Å². The number of rotatable bonds is 2. The van der Waals surface area contributed by atoms with Gasteiger partial charge in [-0.2, -0.15) is 0 Å². The Morgan fingerprint density at radius 3 is 2.59 bits per heavy atom. The fraction of sp³-hybridized carbons (Fsp3) is 0.231. The molecule has 0 atom stereocenters. The number of piperazine rings is 1. The Kier molecular flexibility index (Phi) is 5.79. The Bertz CT molecular complexity index is 1270. The van der Waals surface area contributed by atoms with Gasteiger partial charge in [0.25, 0.3) is 0 Å². The number of aliphatic imine (C=N–C) groups is 1. The molecule has 174 valence electrons. The van der Waals surface area contributed by atoms with E-state index in [2.05, 4.69) is 10.2 Å². The number of halogens is 1. The van der Waals surface area contributed by atoms with Crippen molar-refractivity contribution < 1.29 is 18.7 Å². The fourth-order valence-corrected chi connectivity index (χ4v) is 4.11. The lowest BCUT2D eigenvalue weighted by Crippen LogP contribution is -2.51. The first-order valence-electron chi connectivity index (χ1n) is 11.1. The van der Waals surface area contributed by atoms with E-state index in [9.17, 15) is 9.18 Å². The molecule has 0 saturated carbocycles. The van der Waals surface area contributed by atoms with E-state index in [-0.39, 0.29) is 11.7 Å². The van der Waals surface area contributed by atoms with Crippen LogP contribution in [0.3, 0.4) is 0 Å². The SMILES string of the molecule is COc1ccc2c(c1)Oc1cc(C)ccc1N=C2N1CCN(C(=O)Nc2ccccc2F)CC1. The lowest BCUT2D eigenvalue weighted by Gasteiger charge is -2.36. The molecule has 8 heteroatoms. The molecule has 1 saturated heterocycles. The van der Waals surface area contributed by atoms with Gasteiger partial charge in [0.1, 0.15) is 28.8 Å². The topological polar surface area (TPSA) is 66.4 Å². The van der Waals surface area contributed by atoms with E-state index in [1.807, 2.05) is 43.3 Å². The van der Waals surface area contributed by atoms with Crippen LogP contribution in [0.25, 0.3) is 0 Å². The van der Waals surface area contributed by atoms with Crippen molar-refractivity contribution in [3.63, 3.8) is 0 Å². The van der Waals surface area contributed by atoms with Crippen molar-refractivity contribution in [2.45, 2.75) is 6.92 Å². The molecule has 2 aliphatic heterocycles. The number of carbonyl (C=O) groups is 1. The molecule has 34 heavy (non-hydrogen) atoms. The van der Waals surface area contributed by atoms with Crippen molar-refractivity contribution in [2.24, 2.45) is 4.99 Å². The molecular formula is C26H25FN4O3. The third-order valence-corrected chi connectivity index (χ3v) is 5.97. The maximum absolute atomic E-state index is 13.9. The number of ether oxygens (including phenoxy) is 2. The van der Waals surface area contributed by atoms with Crippen LogP contribution in [-0.2, 0) is 0 Å². The summed E-state index contributed by atoms with van der Waals surface area (Å²) in [5.74, 6) is 2.39. The van der Waals surface area contributed by atoms with Crippen LogP contribution in [0.15, 0.2) is 65.7 Å². The molecule has 0 spiro atoms. The molecule has 0 bridgehead atoms. The number of aryl methyl sites for hydroxylation is 1. The summed E-state index contributed by atoms with van der Waals surface area (Å²) < 4.78 is 25.6. The summed E-state index contributed by atoms with van der Waals surface area (Å²) in [6, 6.07) is 17.5. The normalized spacial score (nSPS) is 14.9. The van der Waals surface area contributed by atoms with Crippen LogP contribution in [0, 0.1) is 12.7 Å². The van der Waals surface area contributed by atoms with Gasteiger partial charge in [0, 0.05) is 32.2 Å². The van der Waals surface area contributed by atoms with Crippen molar-refractivity contribution in [1.82, 2.24) is 9.80 Å². The Balaban J connectivity index is 1.38. The van der Waals surface area contributed by atoms with Crippen LogP contribution in [0.2, 0.25) is 0 Å². The van der Waals surface area contributed by atoms with Crippen molar-refractivity contribution in [3.8, 4) is 17.2 Å². The zero-order valence-corrected chi connectivity index (χ0v) is 19.0. The van der Waals surface area contributed by atoms with Gasteiger partial charge in [0.05, 0.1) is 18.4 Å². The quantitative estimate of drug-likeness (QED) is 0.573. The number of methoxy groups -OCH3 is 1. The molecule has 0 radical (unpaired) electrons. The van der Waals surface area contributed by atoms with Gasteiger partial charge in [0.15, 0.2) is 5.75 Å². The predicted molar refractivity (Wildman–Crippen MR) is 129 cm³/mol. The lowest BCUT2D eigenvalue weighted by molar-refractivity contribution is 0.181. The summed E-state index contributed by atoms with van der Waals surface area (Å²) in [6.45, 7) is 4.13. The van der Waals surface area contributed by atoms with E-state index >= 15 is 0 Å². The van der Waals surface area contributed by atoms with Gasteiger partial charge in [-0.25, -0.2) is 14.2 Å². The van der Waals surface area contributed by atoms with Crippen LogP contribution >= 0.6 is 0 Å². The van der Waals surface area contributed by atoms with Crippen LogP contribution in [0.4, 0.5) is 20.6 Å². The number of urea groups is 1. The highest BCUT2D eigenvalue weighted by Gasteiger charge is 2.28. The van der Waals surface area contributed by atoms with E-state index in [4.69, 9.17) is 14.5 Å². The van der Waals surface area contributed by atoms with Gasteiger partial charge in [-0.3, -0.25) is 0 Å². The minimum atomic E-state index is -0.455. The third-order valence-electron chi connectivity index (χ3n) is 5.97. The number of amides is 2.